The molecule has 86 valence electrons. The molecular weight excluding hydrogens is 253 g/mol. The van der Waals surface area contributed by atoms with E-state index < -0.39 is 0 Å². The number of carbonyl (C=O) groups excluding carboxylic acids is 1. The number of halogens is 2. The van der Waals surface area contributed by atoms with Crippen molar-refractivity contribution in [3.8, 4) is 5.75 Å². The van der Waals surface area contributed by atoms with E-state index in [1.807, 2.05) is 0 Å². The molecule has 1 atom stereocenters. The highest BCUT2D eigenvalue weighted by molar-refractivity contribution is 6.31. The second-order valence-corrected chi connectivity index (χ2v) is 4.30. The largest absolute Gasteiger partial charge is 0.490 e. The summed E-state index contributed by atoms with van der Waals surface area (Å²) in [5.41, 5.74) is 0. The first-order valence-electron chi connectivity index (χ1n) is 4.62. The van der Waals surface area contributed by atoms with E-state index in [-0.39, 0.29) is 16.4 Å². The van der Waals surface area contributed by atoms with Crippen LogP contribution < -0.4 is 9.64 Å². The Morgan fingerprint density at radius 1 is 1.56 bits per heavy atom. The third-order valence-electron chi connectivity index (χ3n) is 2.28. The van der Waals surface area contributed by atoms with Crippen LogP contribution in [0.5, 0.6) is 5.75 Å². The van der Waals surface area contributed by atoms with Gasteiger partial charge in [0.1, 0.15) is 6.33 Å². The van der Waals surface area contributed by atoms with Crippen LogP contribution in [0.15, 0.2) is 6.33 Å². The molecule has 1 aliphatic heterocycles. The van der Waals surface area contributed by atoms with Crippen molar-refractivity contribution in [1.82, 2.24) is 9.97 Å². The molecular formula is C9H9Cl2N3O2. The molecule has 0 N–H and O–H groups in total. The Balaban J connectivity index is 2.40. The summed E-state index contributed by atoms with van der Waals surface area (Å²) in [6.45, 7) is 0.407. The van der Waals surface area contributed by atoms with Crippen molar-refractivity contribution in [2.24, 2.45) is 0 Å². The Bertz CT molecular complexity index is 427. The van der Waals surface area contributed by atoms with Gasteiger partial charge >= 0.3 is 0 Å². The molecule has 1 amide bonds. The number of carbonyl (C=O) groups is 1. The highest BCUT2D eigenvalue weighted by Crippen LogP contribution is 2.34. The molecule has 5 nitrogen and oxygen atoms in total. The normalized spacial score (nSPS) is 20.3. The van der Waals surface area contributed by atoms with Crippen molar-refractivity contribution in [2.45, 2.75) is 11.8 Å². The van der Waals surface area contributed by atoms with Gasteiger partial charge in [0.25, 0.3) is 0 Å². The Hall–Kier alpha value is -1.07. The summed E-state index contributed by atoms with van der Waals surface area (Å²) < 4.78 is 5.08. The quantitative estimate of drug-likeness (QED) is 0.598. The third-order valence-corrected chi connectivity index (χ3v) is 2.84. The summed E-state index contributed by atoms with van der Waals surface area (Å²) in [7, 11) is 1.45. The van der Waals surface area contributed by atoms with Gasteiger partial charge in [-0.05, 0) is 0 Å². The number of aromatic nitrogens is 2. The van der Waals surface area contributed by atoms with Gasteiger partial charge in [-0.3, -0.25) is 9.69 Å². The molecule has 0 saturated carbocycles. The maximum absolute atomic E-state index is 11.6. The lowest BCUT2D eigenvalue weighted by molar-refractivity contribution is -0.117. The van der Waals surface area contributed by atoms with E-state index in [2.05, 4.69) is 9.97 Å². The van der Waals surface area contributed by atoms with E-state index >= 15 is 0 Å². The SMILES string of the molecule is COc1c(Cl)ncnc1N1CC(Cl)CC1=O. The summed E-state index contributed by atoms with van der Waals surface area (Å²) in [4.78, 5) is 20.9. The molecule has 1 saturated heterocycles. The number of rotatable bonds is 2. The minimum absolute atomic E-state index is 0.0898. The highest BCUT2D eigenvalue weighted by Gasteiger charge is 2.32. The lowest BCUT2D eigenvalue weighted by Crippen LogP contribution is -2.26. The molecule has 1 aromatic heterocycles. The zero-order valence-electron chi connectivity index (χ0n) is 8.48. The summed E-state index contributed by atoms with van der Waals surface area (Å²) in [6.07, 6.45) is 1.58. The van der Waals surface area contributed by atoms with Crippen LogP contribution in [0.25, 0.3) is 0 Å². The number of methoxy groups -OCH3 is 1. The Labute approximate surface area is 102 Å². The molecule has 2 heterocycles. The summed E-state index contributed by atoms with van der Waals surface area (Å²) in [5.74, 6) is 0.576. The molecule has 16 heavy (non-hydrogen) atoms. The lowest BCUT2D eigenvalue weighted by atomic mass is 10.4. The lowest BCUT2D eigenvalue weighted by Gasteiger charge is -2.17. The summed E-state index contributed by atoms with van der Waals surface area (Å²) in [6, 6.07) is 0. The number of alkyl halides is 1. The molecule has 0 aromatic carbocycles. The first-order chi connectivity index (χ1) is 7.63. The molecule has 1 unspecified atom stereocenters. The summed E-state index contributed by atoms with van der Waals surface area (Å²) >= 11 is 11.8. The smallest absolute Gasteiger partial charge is 0.229 e. The van der Waals surface area contributed by atoms with Crippen LogP contribution in [0.4, 0.5) is 5.82 Å². The van der Waals surface area contributed by atoms with E-state index in [4.69, 9.17) is 27.9 Å². The standard InChI is InChI=1S/C9H9Cl2N3O2/c1-16-7-8(11)12-4-13-9(7)14-3-5(10)2-6(14)15/h4-5H,2-3H2,1H3. The van der Waals surface area contributed by atoms with Gasteiger partial charge in [0.15, 0.2) is 16.7 Å². The Morgan fingerprint density at radius 2 is 2.31 bits per heavy atom. The van der Waals surface area contributed by atoms with Gasteiger partial charge in [0, 0.05) is 13.0 Å². The van der Waals surface area contributed by atoms with Crippen LogP contribution in [-0.2, 0) is 4.79 Å². The van der Waals surface area contributed by atoms with Crippen molar-refractivity contribution in [1.29, 1.82) is 0 Å². The van der Waals surface area contributed by atoms with Gasteiger partial charge in [-0.25, -0.2) is 9.97 Å². The molecule has 7 heteroatoms. The first kappa shape index (κ1) is 11.4. The summed E-state index contributed by atoms with van der Waals surface area (Å²) in [5, 5.41) is -0.0238. The average molecular weight is 262 g/mol. The number of hydrogen-bond acceptors (Lipinski definition) is 4. The Morgan fingerprint density at radius 3 is 2.88 bits per heavy atom. The van der Waals surface area contributed by atoms with Gasteiger partial charge in [-0.1, -0.05) is 11.6 Å². The zero-order chi connectivity index (χ0) is 11.7. The minimum atomic E-state index is -0.203. The fourth-order valence-electron chi connectivity index (χ4n) is 1.58. The first-order valence-corrected chi connectivity index (χ1v) is 5.44. The number of hydrogen-bond donors (Lipinski definition) is 0. The maximum atomic E-state index is 11.6. The van der Waals surface area contributed by atoms with Gasteiger partial charge in [0.2, 0.25) is 5.91 Å². The monoisotopic (exact) mass is 261 g/mol. The molecule has 1 aliphatic rings. The van der Waals surface area contributed by atoms with E-state index in [1.165, 1.54) is 18.3 Å². The van der Waals surface area contributed by atoms with E-state index in [1.54, 1.807) is 0 Å². The molecule has 0 spiro atoms. The predicted molar refractivity (Wildman–Crippen MR) is 60.2 cm³/mol. The van der Waals surface area contributed by atoms with Crippen molar-refractivity contribution in [3.63, 3.8) is 0 Å². The fraction of sp³-hybridized carbons (Fsp3) is 0.444. The number of ether oxygens (including phenoxy) is 1. The second kappa shape index (κ2) is 4.43. The molecule has 0 radical (unpaired) electrons. The minimum Gasteiger partial charge on any atom is -0.490 e. The highest BCUT2D eigenvalue weighted by atomic mass is 35.5. The van der Waals surface area contributed by atoms with Crippen LogP contribution in [0.1, 0.15) is 6.42 Å². The van der Waals surface area contributed by atoms with E-state index in [9.17, 15) is 4.79 Å². The van der Waals surface area contributed by atoms with Crippen molar-refractivity contribution < 1.29 is 9.53 Å². The molecule has 0 bridgehead atoms. The van der Waals surface area contributed by atoms with Crippen LogP contribution in [0, 0.1) is 0 Å². The van der Waals surface area contributed by atoms with E-state index in [0.29, 0.717) is 24.5 Å². The van der Waals surface area contributed by atoms with Crippen molar-refractivity contribution in [3.05, 3.63) is 11.5 Å². The Kier molecular flexibility index (Phi) is 3.16. The van der Waals surface area contributed by atoms with Crippen LogP contribution in [0.3, 0.4) is 0 Å². The third kappa shape index (κ3) is 1.92. The molecule has 1 fully saturated rings. The van der Waals surface area contributed by atoms with Crippen molar-refractivity contribution in [2.75, 3.05) is 18.6 Å². The van der Waals surface area contributed by atoms with Crippen LogP contribution >= 0.6 is 23.2 Å². The van der Waals surface area contributed by atoms with Crippen molar-refractivity contribution >= 4 is 34.9 Å². The molecule has 2 rings (SSSR count). The second-order valence-electron chi connectivity index (χ2n) is 3.33. The number of amides is 1. The average Bonchev–Trinajstić information content (AvgIpc) is 2.57. The van der Waals surface area contributed by atoms with Gasteiger partial charge in [0.05, 0.1) is 12.5 Å². The van der Waals surface area contributed by atoms with Crippen LogP contribution in [-0.4, -0.2) is 34.9 Å². The van der Waals surface area contributed by atoms with Gasteiger partial charge < -0.3 is 4.74 Å². The molecule has 1 aromatic rings. The maximum Gasteiger partial charge on any atom is 0.229 e. The number of anilines is 1. The van der Waals surface area contributed by atoms with Crippen LogP contribution in [0.2, 0.25) is 5.15 Å². The molecule has 0 aliphatic carbocycles. The van der Waals surface area contributed by atoms with Gasteiger partial charge in [-0.2, -0.15) is 0 Å². The van der Waals surface area contributed by atoms with Gasteiger partial charge in [-0.15, -0.1) is 11.6 Å². The zero-order valence-corrected chi connectivity index (χ0v) is 9.99. The van der Waals surface area contributed by atoms with E-state index in [0.717, 1.165) is 0 Å². The number of nitrogens with zero attached hydrogens (tertiary/aromatic N) is 3. The predicted octanol–water partition coefficient (Wildman–Crippen LogP) is 1.48. The topological polar surface area (TPSA) is 55.3 Å². The fourth-order valence-corrected chi connectivity index (χ4v) is 2.06.